The van der Waals surface area contributed by atoms with Crippen molar-refractivity contribution in [3.8, 4) is 5.75 Å². The smallest absolute Gasteiger partial charge is 0.258 e. The Bertz CT molecular complexity index is 611. The summed E-state index contributed by atoms with van der Waals surface area (Å²) in [7, 11) is 0. The van der Waals surface area contributed by atoms with E-state index >= 15 is 0 Å². The number of aliphatic hydroxyl groups is 1. The van der Waals surface area contributed by atoms with Crippen molar-refractivity contribution in [2.45, 2.75) is 19.4 Å². The average Bonchev–Trinajstić information content (AvgIpc) is 2.44. The fourth-order valence-corrected chi connectivity index (χ4v) is 1.73. The van der Waals surface area contributed by atoms with Gasteiger partial charge in [0.05, 0.1) is 23.9 Å². The number of pyridine rings is 1. The fraction of sp³-hybridized carbons (Fsp3) is 0.333. The first-order valence-corrected chi connectivity index (χ1v) is 6.40. The lowest BCUT2D eigenvalue weighted by Crippen LogP contribution is -2.48. The number of rotatable bonds is 5. The summed E-state index contributed by atoms with van der Waals surface area (Å²) < 4.78 is 5.41. The number of aromatic nitrogens is 1. The molecule has 0 aliphatic rings. The monoisotopic (exact) mass is 274 g/mol. The number of ether oxygens (including phenoxy) is 1. The molecule has 0 aliphatic carbocycles. The summed E-state index contributed by atoms with van der Waals surface area (Å²) in [4.78, 5) is 15.9. The highest BCUT2D eigenvalue weighted by molar-refractivity contribution is 5.80. The van der Waals surface area contributed by atoms with Crippen LogP contribution in [0.15, 0.2) is 36.5 Å². The Morgan fingerprint density at radius 1 is 1.40 bits per heavy atom. The van der Waals surface area contributed by atoms with Gasteiger partial charge in [0.1, 0.15) is 5.75 Å². The lowest BCUT2D eigenvalue weighted by Gasteiger charge is -2.23. The van der Waals surface area contributed by atoms with E-state index in [9.17, 15) is 4.79 Å². The number of amides is 1. The summed E-state index contributed by atoms with van der Waals surface area (Å²) in [5.74, 6) is 0.262. The van der Waals surface area contributed by atoms with Gasteiger partial charge in [-0.25, -0.2) is 0 Å². The first-order chi connectivity index (χ1) is 9.50. The molecule has 1 aromatic heterocycles. The van der Waals surface area contributed by atoms with Gasteiger partial charge >= 0.3 is 0 Å². The molecule has 2 N–H and O–H groups in total. The van der Waals surface area contributed by atoms with Crippen molar-refractivity contribution in [1.82, 2.24) is 10.3 Å². The molecule has 20 heavy (non-hydrogen) atoms. The average molecular weight is 274 g/mol. The highest BCUT2D eigenvalue weighted by Gasteiger charge is 2.19. The Kier molecular flexibility index (Phi) is 4.20. The van der Waals surface area contributed by atoms with E-state index in [1.165, 1.54) is 0 Å². The fourth-order valence-electron chi connectivity index (χ4n) is 1.73. The second-order valence-corrected chi connectivity index (χ2v) is 5.24. The van der Waals surface area contributed by atoms with Crippen molar-refractivity contribution in [2.24, 2.45) is 0 Å². The van der Waals surface area contributed by atoms with E-state index in [2.05, 4.69) is 10.3 Å². The molecule has 1 heterocycles. The van der Waals surface area contributed by atoms with Gasteiger partial charge in [-0.2, -0.15) is 0 Å². The molecule has 0 fully saturated rings. The quantitative estimate of drug-likeness (QED) is 0.866. The number of aliphatic hydroxyl groups excluding tert-OH is 1. The van der Waals surface area contributed by atoms with Gasteiger partial charge in [0, 0.05) is 5.39 Å². The zero-order valence-corrected chi connectivity index (χ0v) is 11.6. The van der Waals surface area contributed by atoms with Crippen LogP contribution in [-0.4, -0.2) is 34.8 Å². The zero-order valence-electron chi connectivity index (χ0n) is 11.6. The van der Waals surface area contributed by atoms with Gasteiger partial charge in [0.2, 0.25) is 0 Å². The Hall–Kier alpha value is -2.14. The molecule has 0 radical (unpaired) electrons. The molecule has 0 atom stereocenters. The predicted octanol–water partition coefficient (Wildman–Crippen LogP) is 1.50. The number of fused-ring (bicyclic) bond motifs is 1. The molecular formula is C15H18N2O3. The van der Waals surface area contributed by atoms with Gasteiger partial charge in [0.15, 0.2) is 6.61 Å². The van der Waals surface area contributed by atoms with Gasteiger partial charge < -0.3 is 15.2 Å². The number of carbonyl (C=O) groups is 1. The number of carbonyl (C=O) groups excluding carboxylic acids is 1. The van der Waals surface area contributed by atoms with E-state index in [0.29, 0.717) is 5.75 Å². The maximum absolute atomic E-state index is 11.7. The highest BCUT2D eigenvalue weighted by Crippen LogP contribution is 2.17. The van der Waals surface area contributed by atoms with E-state index in [-0.39, 0.29) is 19.1 Å². The second-order valence-electron chi connectivity index (χ2n) is 5.24. The van der Waals surface area contributed by atoms with Crippen LogP contribution in [0.25, 0.3) is 10.9 Å². The lowest BCUT2D eigenvalue weighted by atomic mass is 10.1. The van der Waals surface area contributed by atoms with Crippen molar-refractivity contribution in [1.29, 1.82) is 0 Å². The molecule has 1 aromatic carbocycles. The summed E-state index contributed by atoms with van der Waals surface area (Å²) in [6.07, 6.45) is 1.59. The van der Waals surface area contributed by atoms with Gasteiger partial charge in [-0.15, -0.1) is 0 Å². The summed E-state index contributed by atoms with van der Waals surface area (Å²) >= 11 is 0. The summed E-state index contributed by atoms with van der Waals surface area (Å²) in [5.41, 5.74) is 0.230. The second kappa shape index (κ2) is 5.88. The Morgan fingerprint density at radius 2 is 2.15 bits per heavy atom. The van der Waals surface area contributed by atoms with Crippen molar-refractivity contribution >= 4 is 16.8 Å². The molecule has 5 heteroatoms. The minimum Gasteiger partial charge on any atom is -0.482 e. The van der Waals surface area contributed by atoms with Gasteiger partial charge in [-0.3, -0.25) is 9.78 Å². The maximum Gasteiger partial charge on any atom is 0.258 e. The van der Waals surface area contributed by atoms with Crippen LogP contribution in [0.2, 0.25) is 0 Å². The van der Waals surface area contributed by atoms with Crippen LogP contribution < -0.4 is 10.1 Å². The van der Waals surface area contributed by atoms with Crippen molar-refractivity contribution in [3.63, 3.8) is 0 Å². The van der Waals surface area contributed by atoms with Crippen LogP contribution >= 0.6 is 0 Å². The Labute approximate surface area is 117 Å². The molecule has 0 saturated heterocycles. The van der Waals surface area contributed by atoms with Crippen LogP contribution in [0, 0.1) is 0 Å². The van der Waals surface area contributed by atoms with Gasteiger partial charge in [-0.05, 0) is 26.0 Å². The summed E-state index contributed by atoms with van der Waals surface area (Å²) in [6.45, 7) is 3.24. The van der Waals surface area contributed by atoms with E-state index in [4.69, 9.17) is 9.84 Å². The number of hydrogen-bond donors (Lipinski definition) is 2. The molecular weight excluding hydrogens is 256 g/mol. The predicted molar refractivity (Wildman–Crippen MR) is 76.5 cm³/mol. The highest BCUT2D eigenvalue weighted by atomic mass is 16.5. The molecule has 0 spiro atoms. The van der Waals surface area contributed by atoms with Crippen LogP contribution in [0.1, 0.15) is 13.8 Å². The van der Waals surface area contributed by atoms with Crippen LogP contribution in [-0.2, 0) is 4.79 Å². The standard InChI is InChI=1S/C15H18N2O3/c1-15(2,10-18)17-14(19)9-20-12-7-11-5-3-4-6-13(11)16-8-12/h3-8,18H,9-10H2,1-2H3,(H,17,19). The van der Waals surface area contributed by atoms with E-state index < -0.39 is 5.54 Å². The Morgan fingerprint density at radius 3 is 2.90 bits per heavy atom. The number of para-hydroxylation sites is 1. The SMILES string of the molecule is CC(C)(CO)NC(=O)COc1cnc2ccccc2c1. The first kappa shape index (κ1) is 14.3. The first-order valence-electron chi connectivity index (χ1n) is 6.40. The topological polar surface area (TPSA) is 71.5 Å². The van der Waals surface area contributed by atoms with Crippen molar-refractivity contribution in [2.75, 3.05) is 13.2 Å². The van der Waals surface area contributed by atoms with E-state index in [0.717, 1.165) is 10.9 Å². The van der Waals surface area contributed by atoms with Gasteiger partial charge in [0.25, 0.3) is 5.91 Å². The van der Waals surface area contributed by atoms with Crippen molar-refractivity contribution in [3.05, 3.63) is 36.5 Å². The van der Waals surface area contributed by atoms with E-state index in [1.807, 2.05) is 30.3 Å². The normalized spacial score (nSPS) is 11.3. The van der Waals surface area contributed by atoms with Crippen LogP contribution in [0.3, 0.4) is 0 Å². The molecule has 0 bridgehead atoms. The third-order valence-corrected chi connectivity index (χ3v) is 2.81. The number of nitrogens with one attached hydrogen (secondary N) is 1. The Balaban J connectivity index is 1.97. The minimum absolute atomic E-state index is 0.108. The summed E-state index contributed by atoms with van der Waals surface area (Å²) in [5, 5.41) is 12.7. The zero-order chi connectivity index (χ0) is 14.6. The number of hydrogen-bond acceptors (Lipinski definition) is 4. The number of benzene rings is 1. The third kappa shape index (κ3) is 3.68. The third-order valence-electron chi connectivity index (χ3n) is 2.81. The van der Waals surface area contributed by atoms with Crippen LogP contribution in [0.4, 0.5) is 0 Å². The molecule has 0 saturated carbocycles. The maximum atomic E-state index is 11.7. The number of nitrogens with zero attached hydrogens (tertiary/aromatic N) is 1. The molecule has 2 aromatic rings. The molecule has 106 valence electrons. The van der Waals surface area contributed by atoms with E-state index in [1.54, 1.807) is 20.0 Å². The minimum atomic E-state index is -0.651. The molecule has 5 nitrogen and oxygen atoms in total. The van der Waals surface area contributed by atoms with Gasteiger partial charge in [-0.1, -0.05) is 18.2 Å². The summed E-state index contributed by atoms with van der Waals surface area (Å²) in [6, 6.07) is 9.52. The molecule has 1 amide bonds. The molecule has 2 rings (SSSR count). The van der Waals surface area contributed by atoms with Crippen LogP contribution in [0.5, 0.6) is 5.75 Å². The lowest BCUT2D eigenvalue weighted by molar-refractivity contribution is -0.125. The molecule has 0 aliphatic heterocycles. The largest absolute Gasteiger partial charge is 0.482 e. The molecule has 0 unspecified atom stereocenters. The van der Waals surface area contributed by atoms with Crippen molar-refractivity contribution < 1.29 is 14.6 Å².